The molecule has 0 fully saturated rings. The van der Waals surface area contributed by atoms with Gasteiger partial charge >= 0.3 is 0 Å². The quantitative estimate of drug-likeness (QED) is 0.501. The molecule has 0 N–H and O–H groups in total. The van der Waals surface area contributed by atoms with Crippen molar-refractivity contribution in [3.63, 3.8) is 0 Å². The summed E-state index contributed by atoms with van der Waals surface area (Å²) in [5.41, 5.74) is 2.35. The van der Waals surface area contributed by atoms with Gasteiger partial charge in [0.25, 0.3) is 0 Å². The molecule has 0 radical (unpaired) electrons. The van der Waals surface area contributed by atoms with E-state index < -0.39 is 0 Å². The van der Waals surface area contributed by atoms with Gasteiger partial charge in [-0.25, -0.2) is 0 Å². The maximum atomic E-state index is 5.14. The molecule has 0 aliphatic carbocycles. The van der Waals surface area contributed by atoms with Crippen LogP contribution in [-0.4, -0.2) is 20.1 Å². The fraction of sp³-hybridized carbons (Fsp3) is 0.364. The molecule has 1 rings (SSSR count). The highest BCUT2D eigenvalue weighted by Gasteiger charge is 2.01. The number of hydrogen-bond acceptors (Lipinski definition) is 2. The monoisotopic (exact) mass is 177 g/mol. The SMILES string of the molecule is CCc1cccc(C(=NC)OC)c1. The minimum Gasteiger partial charge on any atom is -0.481 e. The van der Waals surface area contributed by atoms with Crippen LogP contribution in [0.5, 0.6) is 0 Å². The Morgan fingerprint density at radius 3 is 2.77 bits per heavy atom. The number of nitrogens with zero attached hydrogens (tertiary/aromatic N) is 1. The first-order valence-electron chi connectivity index (χ1n) is 4.42. The van der Waals surface area contributed by atoms with Gasteiger partial charge in [0.05, 0.1) is 7.11 Å². The Bertz CT molecular complexity index is 305. The van der Waals surface area contributed by atoms with Crippen LogP contribution in [0.2, 0.25) is 0 Å². The molecule has 0 aromatic heterocycles. The molecule has 0 aliphatic heterocycles. The van der Waals surface area contributed by atoms with Gasteiger partial charge in [-0.05, 0) is 24.1 Å². The smallest absolute Gasteiger partial charge is 0.215 e. The van der Waals surface area contributed by atoms with Crippen LogP contribution in [0, 0.1) is 0 Å². The van der Waals surface area contributed by atoms with Crippen molar-refractivity contribution < 1.29 is 4.74 Å². The molecule has 1 aromatic rings. The summed E-state index contributed by atoms with van der Waals surface area (Å²) in [6.45, 7) is 2.13. The van der Waals surface area contributed by atoms with Crippen molar-refractivity contribution in [1.82, 2.24) is 0 Å². The van der Waals surface area contributed by atoms with Crippen molar-refractivity contribution in [3.8, 4) is 0 Å². The Kier molecular flexibility index (Phi) is 3.50. The zero-order valence-electron chi connectivity index (χ0n) is 8.37. The molecule has 2 heteroatoms. The van der Waals surface area contributed by atoms with Crippen molar-refractivity contribution in [1.29, 1.82) is 0 Å². The fourth-order valence-corrected chi connectivity index (χ4v) is 1.26. The molecule has 1 aromatic carbocycles. The molecule has 0 spiro atoms. The largest absolute Gasteiger partial charge is 0.481 e. The molecular weight excluding hydrogens is 162 g/mol. The lowest BCUT2D eigenvalue weighted by Gasteiger charge is -2.05. The number of benzene rings is 1. The van der Waals surface area contributed by atoms with E-state index >= 15 is 0 Å². The van der Waals surface area contributed by atoms with Crippen LogP contribution in [-0.2, 0) is 11.2 Å². The Hall–Kier alpha value is -1.31. The third-order valence-electron chi connectivity index (χ3n) is 1.98. The third kappa shape index (κ3) is 2.31. The Morgan fingerprint density at radius 1 is 1.46 bits per heavy atom. The molecule has 0 saturated heterocycles. The van der Waals surface area contributed by atoms with E-state index in [9.17, 15) is 0 Å². The number of rotatable bonds is 2. The summed E-state index contributed by atoms with van der Waals surface area (Å²) < 4.78 is 5.14. The normalized spacial score (nSPS) is 11.5. The van der Waals surface area contributed by atoms with Gasteiger partial charge < -0.3 is 4.74 Å². The van der Waals surface area contributed by atoms with E-state index in [1.54, 1.807) is 14.2 Å². The maximum Gasteiger partial charge on any atom is 0.215 e. The van der Waals surface area contributed by atoms with Gasteiger partial charge in [-0.15, -0.1) is 0 Å². The van der Waals surface area contributed by atoms with Gasteiger partial charge in [0.1, 0.15) is 0 Å². The van der Waals surface area contributed by atoms with Gasteiger partial charge in [0, 0.05) is 12.6 Å². The second-order valence-electron chi connectivity index (χ2n) is 2.79. The first-order valence-corrected chi connectivity index (χ1v) is 4.42. The molecular formula is C11H15NO. The van der Waals surface area contributed by atoms with E-state index in [2.05, 4.69) is 24.0 Å². The van der Waals surface area contributed by atoms with E-state index in [0.29, 0.717) is 5.90 Å². The summed E-state index contributed by atoms with van der Waals surface area (Å²) in [6.07, 6.45) is 1.04. The number of aryl methyl sites for hydroxylation is 1. The van der Waals surface area contributed by atoms with Crippen LogP contribution < -0.4 is 0 Å². The number of hydrogen-bond donors (Lipinski definition) is 0. The average Bonchev–Trinajstić information content (AvgIpc) is 2.20. The van der Waals surface area contributed by atoms with Crippen LogP contribution in [0.3, 0.4) is 0 Å². The van der Waals surface area contributed by atoms with Crippen molar-refractivity contribution in [2.45, 2.75) is 13.3 Å². The molecule has 0 atom stereocenters. The van der Waals surface area contributed by atoms with Crippen molar-refractivity contribution in [2.75, 3.05) is 14.2 Å². The Morgan fingerprint density at radius 2 is 2.23 bits per heavy atom. The molecule has 0 bridgehead atoms. The van der Waals surface area contributed by atoms with Gasteiger partial charge in [0.2, 0.25) is 5.90 Å². The summed E-state index contributed by atoms with van der Waals surface area (Å²) >= 11 is 0. The summed E-state index contributed by atoms with van der Waals surface area (Å²) in [7, 11) is 3.37. The lowest BCUT2D eigenvalue weighted by atomic mass is 10.1. The molecule has 0 heterocycles. The molecule has 0 amide bonds. The standard InChI is InChI=1S/C11H15NO/c1-4-9-6-5-7-10(8-9)11(12-2)13-3/h5-8H,4H2,1-3H3. The highest BCUT2D eigenvalue weighted by atomic mass is 16.5. The molecule has 0 unspecified atom stereocenters. The molecule has 0 aliphatic rings. The highest BCUT2D eigenvalue weighted by molar-refractivity contribution is 5.94. The van der Waals surface area contributed by atoms with Gasteiger partial charge in [-0.2, -0.15) is 0 Å². The Labute approximate surface area is 79.3 Å². The summed E-state index contributed by atoms with van der Waals surface area (Å²) in [4.78, 5) is 4.05. The van der Waals surface area contributed by atoms with Crippen molar-refractivity contribution in [2.24, 2.45) is 4.99 Å². The fourth-order valence-electron chi connectivity index (χ4n) is 1.26. The molecule has 0 saturated carbocycles. The zero-order valence-corrected chi connectivity index (χ0v) is 8.37. The number of aliphatic imine (C=N–C) groups is 1. The van der Waals surface area contributed by atoms with Crippen LogP contribution in [0.15, 0.2) is 29.3 Å². The topological polar surface area (TPSA) is 21.6 Å². The second-order valence-corrected chi connectivity index (χ2v) is 2.79. The lowest BCUT2D eigenvalue weighted by molar-refractivity contribution is 0.404. The minimum absolute atomic E-state index is 0.690. The van der Waals surface area contributed by atoms with E-state index in [0.717, 1.165) is 12.0 Å². The number of methoxy groups -OCH3 is 1. The average molecular weight is 177 g/mol. The molecule has 70 valence electrons. The maximum absolute atomic E-state index is 5.14. The van der Waals surface area contributed by atoms with Crippen LogP contribution >= 0.6 is 0 Å². The predicted octanol–water partition coefficient (Wildman–Crippen LogP) is 2.27. The van der Waals surface area contributed by atoms with Gasteiger partial charge in [-0.3, -0.25) is 4.99 Å². The van der Waals surface area contributed by atoms with E-state index in [4.69, 9.17) is 4.74 Å². The van der Waals surface area contributed by atoms with E-state index in [1.165, 1.54) is 5.56 Å². The predicted molar refractivity (Wildman–Crippen MR) is 55.3 cm³/mol. The zero-order chi connectivity index (χ0) is 9.68. The Balaban J connectivity index is 3.00. The van der Waals surface area contributed by atoms with Crippen LogP contribution in [0.1, 0.15) is 18.1 Å². The van der Waals surface area contributed by atoms with Crippen molar-refractivity contribution >= 4 is 5.90 Å². The molecule has 2 nitrogen and oxygen atoms in total. The van der Waals surface area contributed by atoms with Gasteiger partial charge in [-0.1, -0.05) is 19.1 Å². The number of ether oxygens (including phenoxy) is 1. The first-order chi connectivity index (χ1) is 6.31. The highest BCUT2D eigenvalue weighted by Crippen LogP contribution is 2.07. The van der Waals surface area contributed by atoms with Crippen LogP contribution in [0.4, 0.5) is 0 Å². The van der Waals surface area contributed by atoms with Crippen molar-refractivity contribution in [3.05, 3.63) is 35.4 Å². The van der Waals surface area contributed by atoms with Gasteiger partial charge in [0.15, 0.2) is 0 Å². The summed E-state index contributed by atoms with van der Waals surface area (Å²) in [5.74, 6) is 0.690. The molecule has 13 heavy (non-hydrogen) atoms. The lowest BCUT2D eigenvalue weighted by Crippen LogP contribution is -2.03. The summed E-state index contributed by atoms with van der Waals surface area (Å²) in [5, 5.41) is 0. The van der Waals surface area contributed by atoms with E-state index in [1.807, 2.05) is 12.1 Å². The van der Waals surface area contributed by atoms with Crippen LogP contribution in [0.25, 0.3) is 0 Å². The summed E-state index contributed by atoms with van der Waals surface area (Å²) in [6, 6.07) is 8.24. The second kappa shape index (κ2) is 4.65. The minimum atomic E-state index is 0.690. The first kappa shape index (κ1) is 9.78. The van der Waals surface area contributed by atoms with E-state index in [-0.39, 0.29) is 0 Å². The third-order valence-corrected chi connectivity index (χ3v) is 1.98.